The smallest absolute Gasteiger partial charge is 0.0725 e. The lowest BCUT2D eigenvalue weighted by Gasteiger charge is -2.04. The van der Waals surface area contributed by atoms with Gasteiger partial charge in [0.05, 0.1) is 16.2 Å². The monoisotopic (exact) mass is 349 g/mol. The summed E-state index contributed by atoms with van der Waals surface area (Å²) in [6, 6.07) is 22.0. The maximum atomic E-state index is 6.38. The molecule has 116 valence electrons. The van der Waals surface area contributed by atoms with Gasteiger partial charge >= 0.3 is 0 Å². The minimum Gasteiger partial charge on any atom is -0.248 e. The van der Waals surface area contributed by atoms with Crippen molar-refractivity contribution in [3.8, 4) is 0 Å². The van der Waals surface area contributed by atoms with Crippen LogP contribution in [0.2, 0.25) is 10.0 Å². The molecule has 0 atom stereocenters. The first-order chi connectivity index (χ1) is 11.7. The predicted octanol–water partition coefficient (Wildman–Crippen LogP) is 6.87. The van der Waals surface area contributed by atoms with Crippen molar-refractivity contribution < 1.29 is 0 Å². The Bertz CT molecular complexity index is 1080. The van der Waals surface area contributed by atoms with E-state index in [2.05, 4.69) is 47.5 Å². The van der Waals surface area contributed by atoms with Crippen molar-refractivity contribution in [2.24, 2.45) is 0 Å². The Morgan fingerprint density at radius 2 is 1.58 bits per heavy atom. The standard InChI is InChI=1S/C21H13Cl2N/c22-16-9-11-21-19(12-16)20(23)13-17(24-21)10-8-15-6-3-5-14-4-1-2-7-18(14)15/h1-13H/b10-8+. The van der Waals surface area contributed by atoms with Crippen molar-refractivity contribution in [3.05, 3.63) is 88.0 Å². The molecule has 0 radical (unpaired) electrons. The number of fused-ring (bicyclic) bond motifs is 2. The number of benzene rings is 3. The molecule has 0 aliphatic carbocycles. The summed E-state index contributed by atoms with van der Waals surface area (Å²) in [5.41, 5.74) is 2.81. The normalized spacial score (nSPS) is 11.6. The van der Waals surface area contributed by atoms with Crippen molar-refractivity contribution in [1.82, 2.24) is 4.98 Å². The first-order valence-electron chi connectivity index (χ1n) is 7.62. The van der Waals surface area contributed by atoms with Crippen LogP contribution < -0.4 is 0 Å². The Balaban J connectivity index is 1.78. The Morgan fingerprint density at radius 3 is 2.50 bits per heavy atom. The molecule has 0 aliphatic rings. The summed E-state index contributed by atoms with van der Waals surface area (Å²) in [5.74, 6) is 0. The van der Waals surface area contributed by atoms with Crippen LogP contribution in [0.25, 0.3) is 33.8 Å². The maximum absolute atomic E-state index is 6.38. The van der Waals surface area contributed by atoms with Gasteiger partial charge in [0.1, 0.15) is 0 Å². The molecule has 0 amide bonds. The molecule has 24 heavy (non-hydrogen) atoms. The second-order valence-electron chi connectivity index (χ2n) is 5.59. The van der Waals surface area contributed by atoms with Crippen molar-refractivity contribution in [1.29, 1.82) is 0 Å². The van der Waals surface area contributed by atoms with Crippen molar-refractivity contribution in [3.63, 3.8) is 0 Å². The van der Waals surface area contributed by atoms with E-state index in [-0.39, 0.29) is 0 Å². The van der Waals surface area contributed by atoms with Gasteiger partial charge < -0.3 is 0 Å². The number of nitrogens with zero attached hydrogens (tertiary/aromatic N) is 1. The highest BCUT2D eigenvalue weighted by Gasteiger charge is 2.04. The van der Waals surface area contributed by atoms with Crippen LogP contribution in [0, 0.1) is 0 Å². The average Bonchev–Trinajstić information content (AvgIpc) is 2.60. The molecular weight excluding hydrogens is 337 g/mol. The van der Waals surface area contributed by atoms with Gasteiger partial charge in [0.2, 0.25) is 0 Å². The second-order valence-corrected chi connectivity index (χ2v) is 6.44. The lowest BCUT2D eigenvalue weighted by Crippen LogP contribution is -1.85. The minimum atomic E-state index is 0.653. The fourth-order valence-electron chi connectivity index (χ4n) is 2.83. The predicted molar refractivity (Wildman–Crippen MR) is 105 cm³/mol. The molecule has 3 aromatic carbocycles. The average molecular weight is 350 g/mol. The van der Waals surface area contributed by atoms with Gasteiger partial charge in [-0.05, 0) is 46.7 Å². The third kappa shape index (κ3) is 2.89. The summed E-state index contributed by atoms with van der Waals surface area (Å²) in [4.78, 5) is 4.64. The van der Waals surface area contributed by atoms with E-state index in [1.54, 1.807) is 0 Å². The maximum Gasteiger partial charge on any atom is 0.0725 e. The fourth-order valence-corrected chi connectivity index (χ4v) is 3.27. The molecule has 1 nitrogen and oxygen atoms in total. The molecule has 0 unspecified atom stereocenters. The molecule has 0 bridgehead atoms. The molecular formula is C21H13Cl2N. The number of aromatic nitrogens is 1. The summed E-state index contributed by atoms with van der Waals surface area (Å²) in [5, 5.41) is 4.62. The minimum absolute atomic E-state index is 0.653. The zero-order valence-electron chi connectivity index (χ0n) is 12.7. The summed E-state index contributed by atoms with van der Waals surface area (Å²) >= 11 is 12.4. The van der Waals surface area contributed by atoms with Crippen molar-refractivity contribution in [2.45, 2.75) is 0 Å². The van der Waals surface area contributed by atoms with Gasteiger partial charge in [-0.3, -0.25) is 0 Å². The quantitative estimate of drug-likeness (QED) is 0.385. The van der Waals surface area contributed by atoms with E-state index in [0.29, 0.717) is 10.0 Å². The Kier molecular flexibility index (Phi) is 3.97. The molecule has 1 heterocycles. The van der Waals surface area contributed by atoms with Crippen molar-refractivity contribution >= 4 is 57.0 Å². The van der Waals surface area contributed by atoms with Gasteiger partial charge in [-0.2, -0.15) is 0 Å². The van der Waals surface area contributed by atoms with E-state index in [9.17, 15) is 0 Å². The number of pyridine rings is 1. The van der Waals surface area contributed by atoms with Crippen LogP contribution >= 0.6 is 23.2 Å². The van der Waals surface area contributed by atoms with Gasteiger partial charge in [-0.15, -0.1) is 0 Å². The Labute approximate surface area is 150 Å². The van der Waals surface area contributed by atoms with E-state index < -0.39 is 0 Å². The van der Waals surface area contributed by atoms with Gasteiger partial charge in [0, 0.05) is 10.4 Å². The molecule has 1 aromatic heterocycles. The number of hydrogen-bond acceptors (Lipinski definition) is 1. The second kappa shape index (κ2) is 6.27. The number of rotatable bonds is 2. The molecule has 0 aliphatic heterocycles. The first-order valence-corrected chi connectivity index (χ1v) is 8.38. The molecule has 0 spiro atoms. The van der Waals surface area contributed by atoms with Crippen molar-refractivity contribution in [2.75, 3.05) is 0 Å². The van der Waals surface area contributed by atoms with E-state index >= 15 is 0 Å². The zero-order chi connectivity index (χ0) is 16.5. The first kappa shape index (κ1) is 15.2. The molecule has 0 N–H and O–H groups in total. The SMILES string of the molecule is Clc1ccc2nc(/C=C/c3cccc4ccccc34)cc(Cl)c2c1. The van der Waals surface area contributed by atoms with E-state index in [4.69, 9.17) is 23.2 Å². The third-order valence-electron chi connectivity index (χ3n) is 4.00. The lowest BCUT2D eigenvalue weighted by molar-refractivity contribution is 1.37. The number of halogens is 2. The lowest BCUT2D eigenvalue weighted by atomic mass is 10.0. The largest absolute Gasteiger partial charge is 0.248 e. The fraction of sp³-hybridized carbons (Fsp3) is 0. The van der Waals surface area contributed by atoms with E-state index in [1.165, 1.54) is 10.8 Å². The zero-order valence-corrected chi connectivity index (χ0v) is 14.2. The van der Waals surface area contributed by atoms with Crippen LogP contribution in [0.15, 0.2) is 66.7 Å². The van der Waals surface area contributed by atoms with Crippen LogP contribution in [0.5, 0.6) is 0 Å². The van der Waals surface area contributed by atoms with E-state index in [1.807, 2.05) is 36.4 Å². The van der Waals surface area contributed by atoms with Gasteiger partial charge in [-0.25, -0.2) is 4.98 Å². The van der Waals surface area contributed by atoms with Crippen LogP contribution in [0.4, 0.5) is 0 Å². The summed E-state index contributed by atoms with van der Waals surface area (Å²) in [7, 11) is 0. The molecule has 4 rings (SSSR count). The third-order valence-corrected chi connectivity index (χ3v) is 4.54. The summed E-state index contributed by atoms with van der Waals surface area (Å²) < 4.78 is 0. The highest BCUT2D eigenvalue weighted by Crippen LogP contribution is 2.27. The molecule has 0 saturated carbocycles. The highest BCUT2D eigenvalue weighted by molar-refractivity contribution is 6.36. The Hall–Kier alpha value is -2.35. The van der Waals surface area contributed by atoms with Crippen LogP contribution in [-0.2, 0) is 0 Å². The van der Waals surface area contributed by atoms with Crippen LogP contribution in [0.3, 0.4) is 0 Å². The molecule has 0 fully saturated rings. The Morgan fingerprint density at radius 1 is 0.750 bits per heavy atom. The molecule has 3 heteroatoms. The highest BCUT2D eigenvalue weighted by atomic mass is 35.5. The molecule has 0 saturated heterocycles. The molecule has 4 aromatic rings. The van der Waals surface area contributed by atoms with Crippen LogP contribution in [0.1, 0.15) is 11.3 Å². The van der Waals surface area contributed by atoms with Gasteiger partial charge in [0.15, 0.2) is 0 Å². The van der Waals surface area contributed by atoms with Gasteiger partial charge in [0.25, 0.3) is 0 Å². The van der Waals surface area contributed by atoms with E-state index in [0.717, 1.165) is 22.2 Å². The van der Waals surface area contributed by atoms with Crippen LogP contribution in [-0.4, -0.2) is 4.98 Å². The van der Waals surface area contributed by atoms with Gasteiger partial charge in [-0.1, -0.05) is 71.7 Å². The number of hydrogen-bond donors (Lipinski definition) is 0. The topological polar surface area (TPSA) is 12.9 Å². The summed E-state index contributed by atoms with van der Waals surface area (Å²) in [6.45, 7) is 0. The summed E-state index contributed by atoms with van der Waals surface area (Å²) in [6.07, 6.45) is 4.06.